The summed E-state index contributed by atoms with van der Waals surface area (Å²) >= 11 is 1.76. The van der Waals surface area contributed by atoms with Gasteiger partial charge in [0.1, 0.15) is 0 Å². The highest BCUT2D eigenvalue weighted by atomic mass is 32.2. The molecule has 0 bridgehead atoms. The fourth-order valence-corrected chi connectivity index (χ4v) is 1.31. The largest absolute Gasteiger partial charge is 0.129 e. The van der Waals surface area contributed by atoms with Crippen LogP contribution in [0.25, 0.3) is 0 Å². The van der Waals surface area contributed by atoms with Gasteiger partial charge in [0.05, 0.1) is 0 Å². The first kappa shape index (κ1) is 6.69. The lowest BCUT2D eigenvalue weighted by Gasteiger charge is -1.97. The maximum atomic E-state index is 3.13. The molecule has 0 aliphatic heterocycles. The van der Waals surface area contributed by atoms with Crippen LogP contribution >= 0.6 is 11.8 Å². The Bertz CT molecular complexity index is 194. The quantitative estimate of drug-likeness (QED) is 0.536. The molecule has 0 aliphatic rings. The molecular weight excluding hydrogens is 128 g/mol. The van der Waals surface area contributed by atoms with E-state index in [0.717, 1.165) is 0 Å². The lowest BCUT2D eigenvalue weighted by atomic mass is 10.2. The zero-order valence-corrected chi connectivity index (χ0v) is 6.46. The third-order valence-electron chi connectivity index (χ3n) is 1.23. The van der Waals surface area contributed by atoms with Crippen LogP contribution in [0.3, 0.4) is 0 Å². The van der Waals surface area contributed by atoms with E-state index in [1.165, 1.54) is 10.5 Å². The van der Waals surface area contributed by atoms with Crippen molar-refractivity contribution in [2.45, 2.75) is 11.8 Å². The van der Waals surface area contributed by atoms with Crippen molar-refractivity contribution in [3.63, 3.8) is 0 Å². The molecule has 0 heterocycles. The SMILES string of the molecule is CSc1ccc[c]c1C. The molecule has 1 rings (SSSR count). The fourth-order valence-electron chi connectivity index (χ4n) is 0.726. The Morgan fingerprint density at radius 3 is 2.78 bits per heavy atom. The van der Waals surface area contributed by atoms with Crippen molar-refractivity contribution in [2.75, 3.05) is 6.26 Å². The van der Waals surface area contributed by atoms with Gasteiger partial charge in [0.2, 0.25) is 0 Å². The first-order chi connectivity index (χ1) is 4.34. The Morgan fingerprint density at radius 1 is 1.56 bits per heavy atom. The molecule has 1 aromatic rings. The van der Waals surface area contributed by atoms with Crippen LogP contribution in [-0.2, 0) is 0 Å². The van der Waals surface area contributed by atoms with Gasteiger partial charge in [-0.2, -0.15) is 0 Å². The van der Waals surface area contributed by atoms with Crippen molar-refractivity contribution in [3.8, 4) is 0 Å². The Labute approximate surface area is 60.3 Å². The zero-order valence-electron chi connectivity index (χ0n) is 5.64. The van der Waals surface area contributed by atoms with Crippen molar-refractivity contribution in [3.05, 3.63) is 29.8 Å². The molecule has 9 heavy (non-hydrogen) atoms. The third kappa shape index (κ3) is 1.49. The van der Waals surface area contributed by atoms with E-state index in [0.29, 0.717) is 0 Å². The molecular formula is C8H9S. The molecule has 0 N–H and O–H groups in total. The van der Waals surface area contributed by atoms with E-state index in [1.54, 1.807) is 11.8 Å². The number of benzene rings is 1. The summed E-state index contributed by atoms with van der Waals surface area (Å²) in [4.78, 5) is 1.32. The van der Waals surface area contributed by atoms with E-state index in [-0.39, 0.29) is 0 Å². The molecule has 0 saturated carbocycles. The predicted octanol–water partition coefficient (Wildman–Crippen LogP) is 2.52. The lowest BCUT2D eigenvalue weighted by Crippen LogP contribution is -1.74. The Balaban J connectivity index is 3.01. The molecule has 1 aromatic carbocycles. The molecule has 47 valence electrons. The maximum Gasteiger partial charge on any atom is 0.0105 e. The number of rotatable bonds is 1. The second-order valence-corrected chi connectivity index (χ2v) is 2.71. The van der Waals surface area contributed by atoms with E-state index in [9.17, 15) is 0 Å². The van der Waals surface area contributed by atoms with E-state index < -0.39 is 0 Å². The van der Waals surface area contributed by atoms with Crippen molar-refractivity contribution in [1.29, 1.82) is 0 Å². The molecule has 1 heteroatoms. The van der Waals surface area contributed by atoms with E-state index in [2.05, 4.69) is 25.3 Å². The first-order valence-electron chi connectivity index (χ1n) is 2.86. The predicted molar refractivity (Wildman–Crippen MR) is 41.8 cm³/mol. The van der Waals surface area contributed by atoms with Gasteiger partial charge in [-0.1, -0.05) is 12.1 Å². The Kier molecular flexibility index (Phi) is 2.17. The van der Waals surface area contributed by atoms with Gasteiger partial charge < -0.3 is 0 Å². The fraction of sp³-hybridized carbons (Fsp3) is 0.250. The Morgan fingerprint density at radius 2 is 2.33 bits per heavy atom. The number of aryl methyl sites for hydroxylation is 1. The molecule has 0 unspecified atom stereocenters. The first-order valence-corrected chi connectivity index (χ1v) is 4.08. The zero-order chi connectivity index (χ0) is 6.69. The highest BCUT2D eigenvalue weighted by molar-refractivity contribution is 7.98. The van der Waals surface area contributed by atoms with Crippen LogP contribution in [0.4, 0.5) is 0 Å². The van der Waals surface area contributed by atoms with Crippen LogP contribution in [0, 0.1) is 13.0 Å². The summed E-state index contributed by atoms with van der Waals surface area (Å²) in [6.45, 7) is 2.08. The molecule has 0 spiro atoms. The van der Waals surface area contributed by atoms with Gasteiger partial charge in [-0.25, -0.2) is 0 Å². The van der Waals surface area contributed by atoms with Crippen LogP contribution in [0.15, 0.2) is 23.1 Å². The summed E-state index contributed by atoms with van der Waals surface area (Å²) in [6.07, 6.45) is 2.08. The molecule has 0 aromatic heterocycles. The molecule has 0 nitrogen and oxygen atoms in total. The number of thioether (sulfide) groups is 1. The van der Waals surface area contributed by atoms with Crippen molar-refractivity contribution >= 4 is 11.8 Å². The van der Waals surface area contributed by atoms with Crippen LogP contribution in [0.1, 0.15) is 5.56 Å². The van der Waals surface area contributed by atoms with Crippen molar-refractivity contribution < 1.29 is 0 Å². The van der Waals surface area contributed by atoms with Gasteiger partial charge in [0.25, 0.3) is 0 Å². The molecule has 0 saturated heterocycles. The Hall–Kier alpha value is -0.430. The highest BCUT2D eigenvalue weighted by Gasteiger charge is 1.90. The minimum atomic E-state index is 1.24. The second kappa shape index (κ2) is 2.92. The third-order valence-corrected chi connectivity index (χ3v) is 2.12. The molecule has 0 atom stereocenters. The molecule has 1 radical (unpaired) electrons. The van der Waals surface area contributed by atoms with E-state index in [1.807, 2.05) is 12.1 Å². The van der Waals surface area contributed by atoms with E-state index in [4.69, 9.17) is 0 Å². The van der Waals surface area contributed by atoms with Gasteiger partial charge in [-0.3, -0.25) is 0 Å². The average Bonchev–Trinajstić information content (AvgIpc) is 1.89. The average molecular weight is 137 g/mol. The summed E-state index contributed by atoms with van der Waals surface area (Å²) in [5.74, 6) is 0. The van der Waals surface area contributed by atoms with Crippen LogP contribution in [0.2, 0.25) is 0 Å². The molecule has 0 amide bonds. The van der Waals surface area contributed by atoms with E-state index >= 15 is 0 Å². The normalized spacial score (nSPS) is 9.56. The summed E-state index contributed by atoms with van der Waals surface area (Å²) < 4.78 is 0. The number of hydrogen-bond donors (Lipinski definition) is 0. The highest BCUT2D eigenvalue weighted by Crippen LogP contribution is 2.17. The summed E-state index contributed by atoms with van der Waals surface area (Å²) in [6, 6.07) is 9.19. The van der Waals surface area contributed by atoms with Gasteiger partial charge in [-0.05, 0) is 30.9 Å². The minimum absolute atomic E-state index is 1.24. The van der Waals surface area contributed by atoms with Crippen LogP contribution < -0.4 is 0 Å². The van der Waals surface area contributed by atoms with Crippen molar-refractivity contribution in [2.24, 2.45) is 0 Å². The summed E-state index contributed by atoms with van der Waals surface area (Å²) in [5, 5.41) is 0. The lowest BCUT2D eigenvalue weighted by molar-refractivity contribution is 1.30. The van der Waals surface area contributed by atoms with Crippen molar-refractivity contribution in [1.82, 2.24) is 0 Å². The topological polar surface area (TPSA) is 0 Å². The molecule has 0 fully saturated rings. The van der Waals surface area contributed by atoms with Crippen LogP contribution in [0.5, 0.6) is 0 Å². The van der Waals surface area contributed by atoms with Gasteiger partial charge >= 0.3 is 0 Å². The minimum Gasteiger partial charge on any atom is -0.129 e. The summed E-state index contributed by atoms with van der Waals surface area (Å²) in [5.41, 5.74) is 1.24. The molecule has 0 aliphatic carbocycles. The van der Waals surface area contributed by atoms with Crippen LogP contribution in [-0.4, -0.2) is 6.26 Å². The van der Waals surface area contributed by atoms with Gasteiger partial charge in [0.15, 0.2) is 0 Å². The monoisotopic (exact) mass is 137 g/mol. The summed E-state index contributed by atoms with van der Waals surface area (Å²) in [7, 11) is 0. The van der Waals surface area contributed by atoms with Gasteiger partial charge in [-0.15, -0.1) is 11.8 Å². The number of hydrogen-bond acceptors (Lipinski definition) is 1. The second-order valence-electron chi connectivity index (χ2n) is 1.86. The van der Waals surface area contributed by atoms with Gasteiger partial charge in [0, 0.05) is 4.90 Å². The maximum absolute atomic E-state index is 3.13. The smallest absolute Gasteiger partial charge is 0.0105 e. The standard InChI is InChI=1S/C8H9S/c1-7-5-3-4-6-8(7)9-2/h3-4,6H,1-2H3.